The molecular formula is C6H11NO2S. The molecule has 0 aromatic rings. The summed E-state index contributed by atoms with van der Waals surface area (Å²) in [5, 5.41) is 6.93. The number of hydrogen-bond acceptors (Lipinski definition) is 4. The summed E-state index contributed by atoms with van der Waals surface area (Å²) in [7, 11) is 1.32. The van der Waals surface area contributed by atoms with Gasteiger partial charge in [-0.1, -0.05) is 0 Å². The van der Waals surface area contributed by atoms with Crippen LogP contribution in [-0.4, -0.2) is 24.5 Å². The van der Waals surface area contributed by atoms with E-state index in [4.69, 9.17) is 5.41 Å². The smallest absolute Gasteiger partial charge is 0.250 e. The van der Waals surface area contributed by atoms with Crippen LogP contribution < -0.4 is 0 Å². The molecule has 0 amide bonds. The first-order valence-electron chi connectivity index (χ1n) is 2.99. The normalized spacial score (nSPS) is 9.00. The van der Waals surface area contributed by atoms with E-state index in [-0.39, 0.29) is 11.7 Å². The summed E-state index contributed by atoms with van der Waals surface area (Å²) in [5.74, 6) is 0.154. The zero-order chi connectivity index (χ0) is 7.98. The third kappa shape index (κ3) is 3.50. The van der Waals surface area contributed by atoms with E-state index in [1.807, 2.05) is 0 Å². The number of carbonyl (C=O) groups excluding carboxylic acids is 1. The number of ether oxygens (including phenoxy) is 1. The zero-order valence-electron chi connectivity index (χ0n) is 5.89. The van der Waals surface area contributed by atoms with Gasteiger partial charge in [-0.3, -0.25) is 10.2 Å². The molecule has 0 bridgehead atoms. The summed E-state index contributed by atoms with van der Waals surface area (Å²) in [5.41, 5.74) is 0. The van der Waals surface area contributed by atoms with Gasteiger partial charge in [0.25, 0.3) is 0 Å². The molecule has 58 valence electrons. The number of carbonyl (C=O) groups is 1. The van der Waals surface area contributed by atoms with Gasteiger partial charge in [0, 0.05) is 6.42 Å². The summed E-state index contributed by atoms with van der Waals surface area (Å²) < 4.78 is 4.42. The van der Waals surface area contributed by atoms with E-state index in [0.717, 1.165) is 0 Å². The van der Waals surface area contributed by atoms with Gasteiger partial charge in [0.1, 0.15) is 0 Å². The average Bonchev–Trinajstić information content (AvgIpc) is 1.98. The lowest BCUT2D eigenvalue weighted by Crippen LogP contribution is -2.14. The van der Waals surface area contributed by atoms with Crippen LogP contribution in [0, 0.1) is 5.41 Å². The van der Waals surface area contributed by atoms with Gasteiger partial charge in [-0.15, -0.1) is 0 Å². The largest absolute Gasteiger partial charge is 0.479 e. The topological polar surface area (TPSA) is 50.1 Å². The maximum atomic E-state index is 10.7. The Morgan fingerprint density at radius 2 is 2.30 bits per heavy atom. The fourth-order valence-electron chi connectivity index (χ4n) is 0.467. The molecule has 0 rings (SSSR count). The van der Waals surface area contributed by atoms with Crippen molar-refractivity contribution in [3.63, 3.8) is 0 Å². The molecule has 0 aliphatic carbocycles. The SMILES string of the molecule is COC(=N)C(=O)CCCS. The lowest BCUT2D eigenvalue weighted by Gasteiger charge is -1.98. The zero-order valence-corrected chi connectivity index (χ0v) is 6.78. The van der Waals surface area contributed by atoms with Crippen LogP contribution in [0.5, 0.6) is 0 Å². The van der Waals surface area contributed by atoms with Gasteiger partial charge in [-0.2, -0.15) is 12.6 Å². The second-order valence-electron chi connectivity index (χ2n) is 1.78. The number of ketones is 1. The van der Waals surface area contributed by atoms with Gasteiger partial charge in [-0.25, -0.2) is 0 Å². The van der Waals surface area contributed by atoms with Gasteiger partial charge >= 0.3 is 0 Å². The number of methoxy groups -OCH3 is 1. The molecule has 0 aromatic carbocycles. The van der Waals surface area contributed by atoms with Crippen LogP contribution in [0.3, 0.4) is 0 Å². The van der Waals surface area contributed by atoms with Crippen molar-refractivity contribution < 1.29 is 9.53 Å². The van der Waals surface area contributed by atoms with Crippen LogP contribution in [0.15, 0.2) is 0 Å². The quantitative estimate of drug-likeness (QED) is 0.365. The van der Waals surface area contributed by atoms with E-state index in [0.29, 0.717) is 18.6 Å². The Morgan fingerprint density at radius 3 is 2.70 bits per heavy atom. The van der Waals surface area contributed by atoms with Crippen molar-refractivity contribution in [3.05, 3.63) is 0 Å². The Labute approximate surface area is 65.7 Å². The Bertz CT molecular complexity index is 136. The highest BCUT2D eigenvalue weighted by Crippen LogP contribution is 1.94. The molecule has 0 fully saturated rings. The van der Waals surface area contributed by atoms with Gasteiger partial charge in [0.05, 0.1) is 7.11 Å². The molecule has 0 radical (unpaired) electrons. The molecule has 0 heterocycles. The third-order valence-corrected chi connectivity index (χ3v) is 1.34. The monoisotopic (exact) mass is 161 g/mol. The molecule has 0 aliphatic rings. The molecule has 0 saturated carbocycles. The Balaban J connectivity index is 3.52. The maximum Gasteiger partial charge on any atom is 0.250 e. The van der Waals surface area contributed by atoms with Crippen LogP contribution in [0.4, 0.5) is 0 Å². The standard InChI is InChI=1S/C6H11NO2S/c1-9-6(7)5(8)3-2-4-10/h7,10H,2-4H2,1H3. The Kier molecular flexibility index (Phi) is 5.02. The lowest BCUT2D eigenvalue weighted by atomic mass is 10.2. The number of rotatable bonds is 4. The van der Waals surface area contributed by atoms with Gasteiger partial charge in [-0.05, 0) is 12.2 Å². The minimum absolute atomic E-state index is 0.253. The van der Waals surface area contributed by atoms with Gasteiger partial charge in [0.15, 0.2) is 0 Å². The van der Waals surface area contributed by atoms with Crippen LogP contribution in [0.25, 0.3) is 0 Å². The summed E-state index contributed by atoms with van der Waals surface area (Å²) in [6.45, 7) is 0. The predicted molar refractivity (Wildman–Crippen MR) is 42.8 cm³/mol. The summed E-state index contributed by atoms with van der Waals surface area (Å²) in [4.78, 5) is 10.7. The van der Waals surface area contributed by atoms with Crippen LogP contribution in [0.2, 0.25) is 0 Å². The third-order valence-electron chi connectivity index (χ3n) is 1.02. The number of Topliss-reactive ketones (excluding diaryl/α,β-unsaturated/α-hetero) is 1. The molecule has 0 atom stereocenters. The molecule has 0 aromatic heterocycles. The van der Waals surface area contributed by atoms with Crippen molar-refractivity contribution in [2.24, 2.45) is 0 Å². The summed E-state index contributed by atoms with van der Waals surface area (Å²) >= 11 is 3.93. The minimum Gasteiger partial charge on any atom is -0.479 e. The molecule has 1 N–H and O–H groups in total. The number of nitrogens with one attached hydrogen (secondary N) is 1. The van der Waals surface area contributed by atoms with Crippen molar-refractivity contribution in [1.29, 1.82) is 5.41 Å². The van der Waals surface area contributed by atoms with Crippen molar-refractivity contribution >= 4 is 24.3 Å². The second-order valence-corrected chi connectivity index (χ2v) is 2.23. The van der Waals surface area contributed by atoms with E-state index < -0.39 is 0 Å². The van der Waals surface area contributed by atoms with Crippen molar-refractivity contribution in [2.45, 2.75) is 12.8 Å². The van der Waals surface area contributed by atoms with E-state index in [9.17, 15) is 4.79 Å². The van der Waals surface area contributed by atoms with Crippen molar-refractivity contribution in [3.8, 4) is 0 Å². The van der Waals surface area contributed by atoms with Crippen LogP contribution in [-0.2, 0) is 9.53 Å². The van der Waals surface area contributed by atoms with E-state index in [1.165, 1.54) is 7.11 Å². The predicted octanol–water partition coefficient (Wildman–Crippen LogP) is 0.889. The Hall–Kier alpha value is -0.510. The molecule has 0 saturated heterocycles. The summed E-state index contributed by atoms with van der Waals surface area (Å²) in [6, 6.07) is 0. The van der Waals surface area contributed by atoms with Gasteiger partial charge in [0.2, 0.25) is 11.7 Å². The first kappa shape index (κ1) is 9.49. The first-order valence-corrected chi connectivity index (χ1v) is 3.62. The highest BCUT2D eigenvalue weighted by molar-refractivity contribution is 7.80. The fraction of sp³-hybridized carbons (Fsp3) is 0.667. The molecule has 10 heavy (non-hydrogen) atoms. The van der Waals surface area contributed by atoms with E-state index >= 15 is 0 Å². The van der Waals surface area contributed by atoms with E-state index in [1.54, 1.807) is 0 Å². The average molecular weight is 161 g/mol. The Morgan fingerprint density at radius 1 is 1.70 bits per heavy atom. The van der Waals surface area contributed by atoms with Gasteiger partial charge < -0.3 is 4.74 Å². The highest BCUT2D eigenvalue weighted by Gasteiger charge is 2.07. The second kappa shape index (κ2) is 5.29. The molecular weight excluding hydrogens is 150 g/mol. The molecule has 0 spiro atoms. The highest BCUT2D eigenvalue weighted by atomic mass is 32.1. The minimum atomic E-state index is -0.262. The molecule has 0 unspecified atom stereocenters. The molecule has 3 nitrogen and oxygen atoms in total. The van der Waals surface area contributed by atoms with Crippen LogP contribution >= 0.6 is 12.6 Å². The molecule has 4 heteroatoms. The van der Waals surface area contributed by atoms with Crippen molar-refractivity contribution in [2.75, 3.05) is 12.9 Å². The van der Waals surface area contributed by atoms with Crippen molar-refractivity contribution in [1.82, 2.24) is 0 Å². The summed E-state index contributed by atoms with van der Waals surface area (Å²) in [6.07, 6.45) is 1.06. The number of thiol groups is 1. The first-order chi connectivity index (χ1) is 4.72. The fourth-order valence-corrected chi connectivity index (χ4v) is 0.625. The molecule has 0 aliphatic heterocycles. The lowest BCUT2D eigenvalue weighted by molar-refractivity contribution is -0.114. The van der Waals surface area contributed by atoms with E-state index in [2.05, 4.69) is 17.4 Å². The number of hydrogen-bond donors (Lipinski definition) is 2. The van der Waals surface area contributed by atoms with Crippen LogP contribution in [0.1, 0.15) is 12.8 Å². The maximum absolute atomic E-state index is 10.7.